The van der Waals surface area contributed by atoms with E-state index in [4.69, 9.17) is 0 Å². The maximum absolute atomic E-state index is 12.7. The fraction of sp³-hybridized carbons (Fsp3) is 0.417. The highest BCUT2D eigenvalue weighted by molar-refractivity contribution is 7.99. The second kappa shape index (κ2) is 5.40. The molecule has 0 aromatic heterocycles. The van der Waals surface area contributed by atoms with Crippen molar-refractivity contribution >= 4 is 41.9 Å². The molecule has 0 saturated heterocycles. The van der Waals surface area contributed by atoms with Gasteiger partial charge in [0.15, 0.2) is 12.3 Å². The average molecular weight is 285 g/mol. The van der Waals surface area contributed by atoms with Gasteiger partial charge in [-0.05, 0) is 50.4 Å². The molecule has 1 heterocycles. The molecule has 1 aliphatic heterocycles. The second-order valence-corrected chi connectivity index (χ2v) is 7.19. The molecule has 2 rings (SSSR count). The van der Waals surface area contributed by atoms with Crippen molar-refractivity contribution < 1.29 is 3.89 Å². The number of hydrogen-bond donors (Lipinski definition) is 1. The molecule has 0 bridgehead atoms. The molecule has 1 N–H and O–H groups in total. The van der Waals surface area contributed by atoms with Crippen LogP contribution in [0, 0.1) is 0 Å². The number of fused-ring (bicyclic) bond motifs is 1. The highest BCUT2D eigenvalue weighted by Crippen LogP contribution is 2.36. The minimum atomic E-state index is 0.107. The summed E-state index contributed by atoms with van der Waals surface area (Å²) in [6.07, 6.45) is 1.82. The van der Waals surface area contributed by atoms with Crippen LogP contribution < -0.4 is 9.62 Å². The van der Waals surface area contributed by atoms with E-state index in [2.05, 4.69) is 30.5 Å². The number of nitrogens with one attached hydrogen (secondary N) is 1. The molecule has 0 unspecified atom stereocenters. The Morgan fingerprint density at radius 1 is 1.44 bits per heavy atom. The van der Waals surface area contributed by atoms with Gasteiger partial charge in [0.05, 0.1) is 11.4 Å². The molecule has 0 aliphatic carbocycles. The molecule has 1 aliphatic rings. The summed E-state index contributed by atoms with van der Waals surface area (Å²) in [4.78, 5) is 0. The van der Waals surface area contributed by atoms with Crippen LogP contribution in [-0.2, 0) is 0 Å². The number of hydrogen-bond acceptors (Lipinski definition) is 5. The van der Waals surface area contributed by atoms with Crippen molar-refractivity contribution in [1.29, 1.82) is 0 Å². The first kappa shape index (κ1) is 13.5. The lowest BCUT2D eigenvalue weighted by Gasteiger charge is -2.12. The Morgan fingerprint density at radius 3 is 2.89 bits per heavy atom. The monoisotopic (exact) mass is 285 g/mol. The van der Waals surface area contributed by atoms with E-state index in [1.807, 2.05) is 24.4 Å². The van der Waals surface area contributed by atoms with Crippen molar-refractivity contribution in [2.45, 2.75) is 25.5 Å². The van der Waals surface area contributed by atoms with Gasteiger partial charge in [-0.2, -0.15) is 0 Å². The number of halogens is 1. The van der Waals surface area contributed by atoms with Gasteiger partial charge in [0.1, 0.15) is 6.67 Å². The minimum Gasteiger partial charge on any atom is -0.365 e. The Morgan fingerprint density at radius 2 is 2.22 bits per heavy atom. The quantitative estimate of drug-likeness (QED) is 0.663. The van der Waals surface area contributed by atoms with E-state index in [-0.39, 0.29) is 17.1 Å². The topological polar surface area (TPSA) is 27.6 Å². The van der Waals surface area contributed by atoms with Crippen LogP contribution in [0.4, 0.5) is 15.3 Å². The SMILES string of the molecule is CC(C)(C)S/N=C/c1ccc2c(c1)N(SF)CN2. The van der Waals surface area contributed by atoms with E-state index in [1.165, 1.54) is 11.9 Å². The van der Waals surface area contributed by atoms with Crippen LogP contribution >= 0.6 is 24.3 Å². The molecule has 0 spiro atoms. The third-order valence-corrected chi connectivity index (χ3v) is 3.57. The van der Waals surface area contributed by atoms with Crippen molar-refractivity contribution in [3.05, 3.63) is 23.8 Å². The highest BCUT2D eigenvalue weighted by atomic mass is 32.2. The van der Waals surface area contributed by atoms with Crippen molar-refractivity contribution in [2.75, 3.05) is 16.3 Å². The molecule has 0 radical (unpaired) electrons. The first-order chi connectivity index (χ1) is 8.49. The first-order valence-electron chi connectivity index (χ1n) is 5.65. The lowest BCUT2D eigenvalue weighted by atomic mass is 10.2. The molecule has 0 fully saturated rings. The predicted octanol–water partition coefficient (Wildman–Crippen LogP) is 4.27. The zero-order chi connectivity index (χ0) is 13.2. The number of nitrogens with zero attached hydrogens (tertiary/aromatic N) is 2. The molecule has 6 heteroatoms. The van der Waals surface area contributed by atoms with Gasteiger partial charge < -0.3 is 5.32 Å². The third-order valence-electron chi connectivity index (χ3n) is 2.32. The van der Waals surface area contributed by atoms with Crippen LogP contribution in [0.1, 0.15) is 26.3 Å². The van der Waals surface area contributed by atoms with Crippen LogP contribution in [-0.4, -0.2) is 17.6 Å². The largest absolute Gasteiger partial charge is 0.365 e. The number of rotatable bonds is 3. The van der Waals surface area contributed by atoms with Gasteiger partial charge in [0.2, 0.25) is 0 Å². The Labute approximate surface area is 116 Å². The van der Waals surface area contributed by atoms with Crippen LogP contribution in [0.3, 0.4) is 0 Å². The first-order valence-corrected chi connectivity index (χ1v) is 7.10. The summed E-state index contributed by atoms with van der Waals surface area (Å²) in [6, 6.07) is 5.87. The van der Waals surface area contributed by atoms with Crippen molar-refractivity contribution in [2.24, 2.45) is 4.40 Å². The molecule has 98 valence electrons. The van der Waals surface area contributed by atoms with E-state index in [9.17, 15) is 3.89 Å². The Bertz CT molecular complexity index is 457. The molecular formula is C12H16FN3S2. The number of anilines is 2. The fourth-order valence-electron chi connectivity index (χ4n) is 1.53. The summed E-state index contributed by atoms with van der Waals surface area (Å²) in [5.41, 5.74) is 2.81. The van der Waals surface area contributed by atoms with Crippen molar-refractivity contribution in [3.63, 3.8) is 0 Å². The van der Waals surface area contributed by atoms with Gasteiger partial charge in [-0.25, -0.2) is 4.40 Å². The predicted molar refractivity (Wildman–Crippen MR) is 81.0 cm³/mol. The lowest BCUT2D eigenvalue weighted by Crippen LogP contribution is -2.11. The van der Waals surface area contributed by atoms with Gasteiger partial charge in [-0.15, -0.1) is 3.89 Å². The highest BCUT2D eigenvalue weighted by Gasteiger charge is 2.19. The van der Waals surface area contributed by atoms with E-state index in [0.29, 0.717) is 6.67 Å². The molecule has 18 heavy (non-hydrogen) atoms. The minimum absolute atomic E-state index is 0.107. The molecular weight excluding hydrogens is 269 g/mol. The van der Waals surface area contributed by atoms with Gasteiger partial charge in [0, 0.05) is 11.0 Å². The van der Waals surface area contributed by atoms with E-state index in [0.717, 1.165) is 16.9 Å². The molecule has 1 aromatic rings. The lowest BCUT2D eigenvalue weighted by molar-refractivity contribution is 0.804. The summed E-state index contributed by atoms with van der Waals surface area (Å²) in [6.45, 7) is 6.84. The Kier molecular flexibility index (Phi) is 4.07. The van der Waals surface area contributed by atoms with Crippen LogP contribution in [0.5, 0.6) is 0 Å². The summed E-state index contributed by atoms with van der Waals surface area (Å²) < 4.78 is 18.7. The maximum Gasteiger partial charge on any atom is 0.167 e. The molecule has 3 nitrogen and oxygen atoms in total. The molecule has 1 aromatic carbocycles. The van der Waals surface area contributed by atoms with E-state index >= 15 is 0 Å². The summed E-state index contributed by atoms with van der Waals surface area (Å²) in [5, 5.41) is 3.12. The zero-order valence-corrected chi connectivity index (χ0v) is 12.2. The molecule has 0 saturated carbocycles. The van der Waals surface area contributed by atoms with Crippen LogP contribution in [0.2, 0.25) is 0 Å². The van der Waals surface area contributed by atoms with E-state index < -0.39 is 0 Å². The average Bonchev–Trinajstić information content (AvgIpc) is 2.69. The zero-order valence-electron chi connectivity index (χ0n) is 10.6. The second-order valence-electron chi connectivity index (χ2n) is 5.00. The molecule has 0 atom stereocenters. The van der Waals surface area contributed by atoms with Gasteiger partial charge in [-0.1, -0.05) is 6.07 Å². The third kappa shape index (κ3) is 3.32. The number of benzene rings is 1. The van der Waals surface area contributed by atoms with Gasteiger partial charge >= 0.3 is 0 Å². The van der Waals surface area contributed by atoms with Crippen molar-refractivity contribution in [1.82, 2.24) is 0 Å². The standard InChI is InChI=1S/C12H16FN3S2/c1-12(2,3)17-15-7-9-4-5-10-11(6-9)16(18-13)8-14-10/h4-7,14H,8H2,1-3H3/b15-7+. The van der Waals surface area contributed by atoms with E-state index in [1.54, 1.807) is 4.31 Å². The van der Waals surface area contributed by atoms with Crippen molar-refractivity contribution in [3.8, 4) is 0 Å². The van der Waals surface area contributed by atoms with Gasteiger partial charge in [0.25, 0.3) is 0 Å². The fourth-order valence-corrected chi connectivity index (χ4v) is 2.36. The van der Waals surface area contributed by atoms with Gasteiger partial charge in [-0.3, -0.25) is 4.31 Å². The maximum atomic E-state index is 12.7. The summed E-state index contributed by atoms with van der Waals surface area (Å²) >= 11 is 1.76. The summed E-state index contributed by atoms with van der Waals surface area (Å²) in [7, 11) is 0. The van der Waals surface area contributed by atoms with Crippen LogP contribution in [0.25, 0.3) is 0 Å². The molecule has 0 amide bonds. The smallest absolute Gasteiger partial charge is 0.167 e. The van der Waals surface area contributed by atoms with Crippen LogP contribution in [0.15, 0.2) is 22.6 Å². The summed E-state index contributed by atoms with van der Waals surface area (Å²) in [5.74, 6) is 0. The Balaban J connectivity index is 2.12. The Hall–Kier alpha value is -0.880. The normalized spacial score (nSPS) is 15.0.